The standard InChI is InChI=1S/C25H25ClN4OS/c1-17(31)30-20-6-3-18(4-7-20)25-10-8-21(32-25)16-27-12-2-13-28-23-11-14-29-24-15-19(26)5-9-22(23)24/h3-11,14-15,27H,2,12-13,16H2,1H3,(H,28,29)(H,30,31). The number of hydrogen-bond acceptors (Lipinski definition) is 5. The largest absolute Gasteiger partial charge is 0.384 e. The van der Waals surface area contributed by atoms with Gasteiger partial charge in [-0.05, 0) is 67.1 Å². The minimum Gasteiger partial charge on any atom is -0.384 e. The number of rotatable bonds is 9. The van der Waals surface area contributed by atoms with E-state index in [1.807, 2.05) is 48.5 Å². The van der Waals surface area contributed by atoms with Crippen LogP contribution in [0.4, 0.5) is 11.4 Å². The Hall–Kier alpha value is -2.93. The lowest BCUT2D eigenvalue weighted by molar-refractivity contribution is -0.114. The van der Waals surface area contributed by atoms with E-state index < -0.39 is 0 Å². The lowest BCUT2D eigenvalue weighted by atomic mass is 10.2. The molecule has 5 nitrogen and oxygen atoms in total. The number of anilines is 2. The van der Waals surface area contributed by atoms with Gasteiger partial charge >= 0.3 is 0 Å². The summed E-state index contributed by atoms with van der Waals surface area (Å²) in [6, 6.07) is 20.0. The molecule has 3 N–H and O–H groups in total. The number of amides is 1. The third kappa shape index (κ3) is 5.85. The lowest BCUT2D eigenvalue weighted by Crippen LogP contribution is -2.17. The van der Waals surface area contributed by atoms with Gasteiger partial charge in [-0.15, -0.1) is 11.3 Å². The van der Waals surface area contributed by atoms with Crippen LogP contribution in [0.25, 0.3) is 21.3 Å². The van der Waals surface area contributed by atoms with Crippen LogP contribution in [0, 0.1) is 0 Å². The van der Waals surface area contributed by atoms with Gasteiger partial charge in [0.15, 0.2) is 0 Å². The second kappa shape index (κ2) is 10.6. The first-order valence-electron chi connectivity index (χ1n) is 10.5. The van der Waals surface area contributed by atoms with Crippen molar-refractivity contribution in [2.24, 2.45) is 0 Å². The van der Waals surface area contributed by atoms with Gasteiger partial charge in [0.05, 0.1) is 5.52 Å². The number of halogens is 1. The molecule has 0 unspecified atom stereocenters. The van der Waals surface area contributed by atoms with Crippen LogP contribution in [0.15, 0.2) is 66.9 Å². The Morgan fingerprint density at radius 3 is 2.69 bits per heavy atom. The molecule has 0 saturated heterocycles. The average molecular weight is 465 g/mol. The van der Waals surface area contributed by atoms with E-state index in [1.54, 1.807) is 17.5 Å². The second-order valence-electron chi connectivity index (χ2n) is 7.50. The predicted octanol–water partition coefficient (Wildman–Crippen LogP) is 6.17. The Morgan fingerprint density at radius 2 is 1.88 bits per heavy atom. The van der Waals surface area contributed by atoms with Crippen molar-refractivity contribution in [1.29, 1.82) is 0 Å². The molecule has 164 valence electrons. The minimum atomic E-state index is -0.0588. The summed E-state index contributed by atoms with van der Waals surface area (Å²) in [5, 5.41) is 11.6. The van der Waals surface area contributed by atoms with Crippen molar-refractivity contribution in [3.63, 3.8) is 0 Å². The van der Waals surface area contributed by atoms with Crippen LogP contribution in [0.5, 0.6) is 0 Å². The number of carbonyl (C=O) groups is 1. The van der Waals surface area contributed by atoms with Crippen LogP contribution in [-0.2, 0) is 11.3 Å². The highest BCUT2D eigenvalue weighted by Crippen LogP contribution is 2.29. The van der Waals surface area contributed by atoms with Gasteiger partial charge in [-0.25, -0.2) is 0 Å². The summed E-state index contributed by atoms with van der Waals surface area (Å²) in [5.74, 6) is -0.0588. The van der Waals surface area contributed by atoms with Gasteiger partial charge in [-0.3, -0.25) is 9.78 Å². The zero-order valence-electron chi connectivity index (χ0n) is 17.8. The molecule has 0 fully saturated rings. The summed E-state index contributed by atoms with van der Waals surface area (Å²) in [6.07, 6.45) is 2.82. The van der Waals surface area contributed by atoms with Crippen molar-refractivity contribution in [3.8, 4) is 10.4 Å². The first kappa shape index (κ1) is 22.3. The minimum absolute atomic E-state index is 0.0588. The molecule has 0 aliphatic heterocycles. The molecule has 7 heteroatoms. The van der Waals surface area contributed by atoms with Gasteiger partial charge < -0.3 is 16.0 Å². The third-order valence-electron chi connectivity index (χ3n) is 5.00. The van der Waals surface area contributed by atoms with Crippen molar-refractivity contribution in [3.05, 3.63) is 76.8 Å². The van der Waals surface area contributed by atoms with E-state index in [0.29, 0.717) is 5.02 Å². The van der Waals surface area contributed by atoms with E-state index in [4.69, 9.17) is 11.6 Å². The number of hydrogen-bond donors (Lipinski definition) is 3. The summed E-state index contributed by atoms with van der Waals surface area (Å²) in [7, 11) is 0. The van der Waals surface area contributed by atoms with E-state index in [1.165, 1.54) is 16.7 Å². The summed E-state index contributed by atoms with van der Waals surface area (Å²) >= 11 is 7.85. The van der Waals surface area contributed by atoms with Crippen LogP contribution >= 0.6 is 22.9 Å². The first-order valence-corrected chi connectivity index (χ1v) is 11.7. The fraction of sp³-hybridized carbons (Fsp3) is 0.200. The molecule has 0 spiro atoms. The molecular formula is C25H25ClN4OS. The SMILES string of the molecule is CC(=O)Nc1ccc(-c2ccc(CNCCCNc3ccnc4cc(Cl)ccc34)s2)cc1. The van der Waals surface area contributed by atoms with Gasteiger partial charge in [0.1, 0.15) is 0 Å². The molecule has 4 rings (SSSR count). The van der Waals surface area contributed by atoms with Crippen LogP contribution in [0.3, 0.4) is 0 Å². The first-order chi connectivity index (χ1) is 15.6. The summed E-state index contributed by atoms with van der Waals surface area (Å²) < 4.78 is 0. The number of fused-ring (bicyclic) bond motifs is 1. The second-order valence-corrected chi connectivity index (χ2v) is 9.11. The monoisotopic (exact) mass is 464 g/mol. The number of pyridine rings is 1. The normalized spacial score (nSPS) is 10.9. The van der Waals surface area contributed by atoms with Crippen molar-refractivity contribution in [2.75, 3.05) is 23.7 Å². The quantitative estimate of drug-likeness (QED) is 0.259. The molecule has 0 atom stereocenters. The summed E-state index contributed by atoms with van der Waals surface area (Å²) in [5.41, 5.74) is 3.96. The van der Waals surface area contributed by atoms with Crippen LogP contribution < -0.4 is 16.0 Å². The smallest absolute Gasteiger partial charge is 0.221 e. The number of benzene rings is 2. The van der Waals surface area contributed by atoms with Crippen LogP contribution in [0.2, 0.25) is 5.02 Å². The molecule has 2 heterocycles. The highest BCUT2D eigenvalue weighted by Gasteiger charge is 2.05. The van der Waals surface area contributed by atoms with Gasteiger partial charge in [0, 0.05) is 57.7 Å². The van der Waals surface area contributed by atoms with Gasteiger partial charge in [-0.2, -0.15) is 0 Å². The Balaban J connectivity index is 1.21. The Morgan fingerprint density at radius 1 is 1.03 bits per heavy atom. The maximum Gasteiger partial charge on any atom is 0.221 e. The molecule has 0 saturated carbocycles. The van der Waals surface area contributed by atoms with Gasteiger partial charge in [0.25, 0.3) is 0 Å². The molecule has 4 aromatic rings. The molecule has 0 aliphatic carbocycles. The van der Waals surface area contributed by atoms with E-state index in [2.05, 4.69) is 33.1 Å². The summed E-state index contributed by atoms with van der Waals surface area (Å²) in [6.45, 7) is 4.18. The fourth-order valence-electron chi connectivity index (χ4n) is 3.47. The Labute approximate surface area is 196 Å². The number of nitrogens with one attached hydrogen (secondary N) is 3. The van der Waals surface area contributed by atoms with E-state index >= 15 is 0 Å². The fourth-order valence-corrected chi connectivity index (χ4v) is 4.62. The number of nitrogens with zero attached hydrogens (tertiary/aromatic N) is 1. The van der Waals surface area contributed by atoms with Crippen molar-refractivity contribution in [1.82, 2.24) is 10.3 Å². The maximum atomic E-state index is 11.1. The molecule has 1 amide bonds. The van der Waals surface area contributed by atoms with Crippen LogP contribution in [-0.4, -0.2) is 24.0 Å². The lowest BCUT2D eigenvalue weighted by Gasteiger charge is -2.10. The van der Waals surface area contributed by atoms with Crippen molar-refractivity contribution in [2.45, 2.75) is 19.9 Å². The number of carbonyl (C=O) groups excluding carboxylic acids is 1. The van der Waals surface area contributed by atoms with Crippen molar-refractivity contribution >= 4 is 51.1 Å². The number of aromatic nitrogens is 1. The Bertz CT molecular complexity index is 1210. The van der Waals surface area contributed by atoms with Gasteiger partial charge in [0.2, 0.25) is 5.91 Å². The maximum absolute atomic E-state index is 11.1. The van der Waals surface area contributed by atoms with Crippen LogP contribution in [0.1, 0.15) is 18.2 Å². The average Bonchev–Trinajstić information content (AvgIpc) is 3.25. The molecule has 0 radical (unpaired) electrons. The molecule has 2 aromatic carbocycles. The van der Waals surface area contributed by atoms with Crippen molar-refractivity contribution < 1.29 is 4.79 Å². The number of thiophene rings is 1. The third-order valence-corrected chi connectivity index (χ3v) is 6.37. The Kier molecular flexibility index (Phi) is 7.37. The zero-order chi connectivity index (χ0) is 22.3. The summed E-state index contributed by atoms with van der Waals surface area (Å²) in [4.78, 5) is 18.1. The molecular weight excluding hydrogens is 440 g/mol. The van der Waals surface area contributed by atoms with E-state index in [9.17, 15) is 4.79 Å². The zero-order valence-corrected chi connectivity index (χ0v) is 19.4. The topological polar surface area (TPSA) is 66.1 Å². The molecule has 0 aliphatic rings. The van der Waals surface area contributed by atoms with E-state index in [0.717, 1.165) is 53.9 Å². The highest BCUT2D eigenvalue weighted by atomic mass is 35.5. The van der Waals surface area contributed by atoms with E-state index in [-0.39, 0.29) is 5.91 Å². The molecule has 32 heavy (non-hydrogen) atoms. The van der Waals surface area contributed by atoms with Gasteiger partial charge in [-0.1, -0.05) is 23.7 Å². The predicted molar refractivity (Wildman–Crippen MR) is 136 cm³/mol. The highest BCUT2D eigenvalue weighted by molar-refractivity contribution is 7.15. The molecule has 2 aromatic heterocycles. The molecule has 0 bridgehead atoms.